The first-order valence-corrected chi connectivity index (χ1v) is 39.0. The van der Waals surface area contributed by atoms with Gasteiger partial charge in [0.1, 0.15) is 98.7 Å². The third-order valence-corrected chi connectivity index (χ3v) is 19.5. The van der Waals surface area contributed by atoms with Crippen molar-refractivity contribution in [1.29, 1.82) is 0 Å². The maximum Gasteiger partial charge on any atom is 0.472 e. The van der Waals surface area contributed by atoms with Gasteiger partial charge >= 0.3 is 25.7 Å². The monoisotopic (exact) mass is 1400 g/mol. The van der Waals surface area contributed by atoms with Crippen LogP contribution < -0.4 is 0 Å². The molecule has 0 aromatic carbocycles. The normalized spacial score (nSPS) is 28.0. The summed E-state index contributed by atoms with van der Waals surface area (Å²) in [5, 5.41) is 110. The molecule has 1 saturated carbocycles. The largest absolute Gasteiger partial charge is 0.472 e. The summed E-state index contributed by atoms with van der Waals surface area (Å²) in [5.74, 6) is -2.00. The zero-order valence-electron chi connectivity index (χ0n) is 58.7. The van der Waals surface area contributed by atoms with Crippen molar-refractivity contribution in [1.82, 2.24) is 0 Å². The Kier molecular flexibility index (Phi) is 49.0. The van der Waals surface area contributed by atoms with Crippen molar-refractivity contribution in [2.24, 2.45) is 0 Å². The standard InChI is InChI=1S/C71H131O24P/c1-4-7-10-13-16-19-22-24-26-27-29-32-33-36-39-42-45-55(73)87-49-52(90-57(75)47-44-41-38-35-30-21-18-15-12-9-6-3)50-89-96(85,86)95-69-67(93-70-65(83)60(78)58(76)53(48-72)91-70)63(81)62(80)64(82)68(69)94-71-66(84)61(79)59(77)54(92-71)51-88-56(74)46-43-40-37-34-31-28-25-23-20-17-14-11-8-5-2/h28,31,52-54,58-72,76-84H,4-27,29-30,32-51H2,1-3H3,(H,85,86)/b31-28-. The van der Waals surface area contributed by atoms with E-state index in [2.05, 4.69) is 32.9 Å². The van der Waals surface area contributed by atoms with Gasteiger partial charge in [0.15, 0.2) is 18.7 Å². The minimum absolute atomic E-state index is 0.00959. The molecule has 2 aliphatic heterocycles. The molecule has 0 amide bonds. The third-order valence-electron chi connectivity index (χ3n) is 18.5. The number of allylic oxidation sites excluding steroid dienone is 2. The summed E-state index contributed by atoms with van der Waals surface area (Å²) < 4.78 is 64.9. The van der Waals surface area contributed by atoms with Gasteiger partial charge in [-0.05, 0) is 44.9 Å². The highest BCUT2D eigenvalue weighted by molar-refractivity contribution is 7.47. The van der Waals surface area contributed by atoms with Gasteiger partial charge in [-0.3, -0.25) is 23.4 Å². The molecule has 2 saturated heterocycles. The van der Waals surface area contributed by atoms with Gasteiger partial charge in [0.2, 0.25) is 0 Å². The van der Waals surface area contributed by atoms with Crippen LogP contribution in [0.4, 0.5) is 0 Å². The quantitative estimate of drug-likeness (QED) is 0.00886. The predicted octanol–water partition coefficient (Wildman–Crippen LogP) is 9.96. The number of phosphoric ester groups is 1. The van der Waals surface area contributed by atoms with E-state index in [-0.39, 0.29) is 19.3 Å². The zero-order chi connectivity index (χ0) is 70.4. The lowest BCUT2D eigenvalue weighted by Gasteiger charge is -2.49. The molecule has 1 aliphatic carbocycles. The molecule has 0 aromatic heterocycles. The van der Waals surface area contributed by atoms with E-state index < -0.39 is 156 Å². The summed E-state index contributed by atoms with van der Waals surface area (Å²) in [7, 11) is -5.69. The lowest BCUT2D eigenvalue weighted by atomic mass is 9.84. The van der Waals surface area contributed by atoms with Gasteiger partial charge in [-0.2, -0.15) is 0 Å². The molecule has 0 bridgehead atoms. The van der Waals surface area contributed by atoms with Gasteiger partial charge in [0.05, 0.1) is 13.2 Å². The number of carbonyl (C=O) groups is 3. The second-order valence-corrected chi connectivity index (χ2v) is 28.4. The maximum absolute atomic E-state index is 14.3. The molecule has 0 radical (unpaired) electrons. The van der Waals surface area contributed by atoms with E-state index in [0.717, 1.165) is 89.9 Å². The summed E-state index contributed by atoms with van der Waals surface area (Å²) in [5.41, 5.74) is 0. The third kappa shape index (κ3) is 36.5. The second kappa shape index (κ2) is 53.5. The Labute approximate surface area is 573 Å². The van der Waals surface area contributed by atoms with Gasteiger partial charge in [-0.15, -0.1) is 0 Å². The molecule has 18 atom stereocenters. The van der Waals surface area contributed by atoms with Gasteiger partial charge < -0.3 is 89.1 Å². The van der Waals surface area contributed by atoms with Crippen LogP contribution in [0, 0.1) is 0 Å². The van der Waals surface area contributed by atoms with Crippen LogP contribution in [0.15, 0.2) is 12.2 Å². The van der Waals surface area contributed by atoms with Crippen molar-refractivity contribution >= 4 is 25.7 Å². The van der Waals surface area contributed by atoms with E-state index in [0.29, 0.717) is 19.3 Å². The van der Waals surface area contributed by atoms with E-state index in [1.54, 1.807) is 0 Å². The summed E-state index contributed by atoms with van der Waals surface area (Å²) >= 11 is 0. The van der Waals surface area contributed by atoms with Gasteiger partial charge in [0, 0.05) is 19.3 Å². The zero-order valence-corrected chi connectivity index (χ0v) is 59.6. The lowest BCUT2D eigenvalue weighted by molar-refractivity contribution is -0.360. The molecule has 564 valence electrons. The molecule has 18 unspecified atom stereocenters. The molecular formula is C71H131O24P. The number of carbonyl (C=O) groups excluding carboxylic acids is 3. The Hall–Kier alpha value is -2.30. The number of ether oxygens (including phenoxy) is 7. The molecule has 96 heavy (non-hydrogen) atoms. The van der Waals surface area contributed by atoms with Gasteiger partial charge in [-0.1, -0.05) is 238 Å². The Balaban J connectivity index is 1.73. The van der Waals surface area contributed by atoms with Crippen molar-refractivity contribution in [2.45, 2.75) is 395 Å². The molecule has 0 spiro atoms. The van der Waals surface area contributed by atoms with E-state index in [1.165, 1.54) is 141 Å². The van der Waals surface area contributed by atoms with E-state index in [9.17, 15) is 74.9 Å². The van der Waals surface area contributed by atoms with Crippen LogP contribution in [-0.2, 0) is 61.2 Å². The molecule has 24 nitrogen and oxygen atoms in total. The van der Waals surface area contributed by atoms with Crippen molar-refractivity contribution in [3.8, 4) is 0 Å². The molecular weight excluding hydrogens is 1270 g/mol. The number of phosphoric acid groups is 1. The molecule has 3 aliphatic rings. The predicted molar refractivity (Wildman–Crippen MR) is 361 cm³/mol. The van der Waals surface area contributed by atoms with Crippen LogP contribution in [0.5, 0.6) is 0 Å². The highest BCUT2D eigenvalue weighted by Gasteiger charge is 2.58. The van der Waals surface area contributed by atoms with Crippen molar-refractivity contribution in [2.75, 3.05) is 26.4 Å². The van der Waals surface area contributed by atoms with E-state index in [4.69, 9.17) is 42.2 Å². The highest BCUT2D eigenvalue weighted by Crippen LogP contribution is 2.49. The molecule has 3 fully saturated rings. The van der Waals surface area contributed by atoms with E-state index in [1.807, 2.05) is 0 Å². The summed E-state index contributed by atoms with van der Waals surface area (Å²) in [6.45, 7) is 3.43. The summed E-state index contributed by atoms with van der Waals surface area (Å²) in [6.07, 6.45) is 11.5. The lowest BCUT2D eigenvalue weighted by Crippen LogP contribution is -2.69. The molecule has 3 rings (SSSR count). The molecule has 25 heteroatoms. The highest BCUT2D eigenvalue weighted by atomic mass is 31.2. The number of esters is 3. The van der Waals surface area contributed by atoms with E-state index >= 15 is 0 Å². The topological polar surface area (TPSA) is 374 Å². The van der Waals surface area contributed by atoms with Gasteiger partial charge in [0.25, 0.3) is 0 Å². The SMILES string of the molecule is CCCCCCCCC/C=C\CCCCCC(=O)OCC1OC(OC2C(O)C(O)C(O)C(OC3OC(CO)C(O)C(O)C3O)C2OP(=O)(O)OCC(COC(=O)CCCCCCCCCCCCCCCCCC)OC(=O)CCCCCCCCCCCCC)C(O)C(O)C1O. The minimum Gasteiger partial charge on any atom is -0.463 e. The van der Waals surface area contributed by atoms with Crippen LogP contribution in [-0.4, -0.2) is 204 Å². The van der Waals surface area contributed by atoms with Crippen LogP contribution in [0.25, 0.3) is 0 Å². The maximum atomic E-state index is 14.3. The molecule has 11 N–H and O–H groups in total. The average molecular weight is 1400 g/mol. The molecule has 0 aromatic rings. The Bertz CT molecular complexity index is 2040. The van der Waals surface area contributed by atoms with Crippen LogP contribution in [0.1, 0.15) is 290 Å². The fourth-order valence-electron chi connectivity index (χ4n) is 12.4. The van der Waals surface area contributed by atoms with Crippen molar-refractivity contribution in [3.63, 3.8) is 0 Å². The number of rotatable bonds is 58. The number of hydrogen-bond acceptors (Lipinski definition) is 23. The minimum atomic E-state index is -5.69. The number of hydrogen-bond donors (Lipinski definition) is 11. The van der Waals surface area contributed by atoms with Crippen LogP contribution >= 0.6 is 7.82 Å². The Morgan fingerprint density at radius 3 is 1.14 bits per heavy atom. The molecule has 2 heterocycles. The van der Waals surface area contributed by atoms with Gasteiger partial charge in [-0.25, -0.2) is 4.57 Å². The average Bonchev–Trinajstić information content (AvgIpc) is 0.766. The smallest absolute Gasteiger partial charge is 0.463 e. The van der Waals surface area contributed by atoms with Crippen LogP contribution in [0.2, 0.25) is 0 Å². The number of aliphatic hydroxyl groups excluding tert-OH is 10. The fourth-order valence-corrected chi connectivity index (χ4v) is 13.4. The summed E-state index contributed by atoms with van der Waals surface area (Å²) in [4.78, 5) is 50.9. The number of aliphatic hydroxyl groups is 10. The Morgan fingerprint density at radius 2 is 0.729 bits per heavy atom. The first-order chi connectivity index (χ1) is 46.3. The number of unbranched alkanes of at least 4 members (excludes halogenated alkanes) is 35. The van der Waals surface area contributed by atoms with Crippen LogP contribution in [0.3, 0.4) is 0 Å². The summed E-state index contributed by atoms with van der Waals surface area (Å²) in [6, 6.07) is 0. The van der Waals surface area contributed by atoms with Crippen molar-refractivity contribution < 1.29 is 117 Å². The van der Waals surface area contributed by atoms with Crippen molar-refractivity contribution in [3.05, 3.63) is 12.2 Å². The fraction of sp³-hybridized carbons (Fsp3) is 0.930. The second-order valence-electron chi connectivity index (χ2n) is 27.0. The first kappa shape index (κ1) is 87.9. The Morgan fingerprint density at radius 1 is 0.396 bits per heavy atom. The first-order valence-electron chi connectivity index (χ1n) is 37.5.